The van der Waals surface area contributed by atoms with E-state index in [0.29, 0.717) is 5.92 Å². The molecule has 2 aliphatic rings. The Morgan fingerprint density at radius 3 is 2.38 bits per heavy atom. The summed E-state index contributed by atoms with van der Waals surface area (Å²) in [5.41, 5.74) is -0.107. The average Bonchev–Trinajstić information content (AvgIpc) is 2.19. The fraction of sp³-hybridized carbons (Fsp3) is 1.00. The smallest absolute Gasteiger partial charge is 0.105 e. The third-order valence-electron chi connectivity index (χ3n) is 4.03. The van der Waals surface area contributed by atoms with E-state index in [2.05, 4.69) is 5.18 Å². The van der Waals surface area contributed by atoms with Gasteiger partial charge in [-0.3, -0.25) is 0 Å². The van der Waals surface area contributed by atoms with Crippen LogP contribution in [0.1, 0.15) is 57.8 Å². The van der Waals surface area contributed by atoms with Crippen LogP contribution in [0.2, 0.25) is 0 Å². The molecule has 2 fully saturated rings. The zero-order chi connectivity index (χ0) is 9.15. The first-order chi connectivity index (χ1) is 6.37. The Bertz CT molecular complexity index is 193. The first kappa shape index (κ1) is 9.17. The van der Waals surface area contributed by atoms with Gasteiger partial charge in [-0.2, -0.15) is 4.91 Å². The fourth-order valence-corrected chi connectivity index (χ4v) is 2.94. The van der Waals surface area contributed by atoms with Crippen LogP contribution in [0.5, 0.6) is 0 Å². The molecule has 2 unspecified atom stereocenters. The molecule has 0 saturated heterocycles. The van der Waals surface area contributed by atoms with Crippen molar-refractivity contribution in [1.29, 1.82) is 0 Å². The molecule has 2 heteroatoms. The third kappa shape index (κ3) is 1.63. The molecule has 0 aromatic heterocycles. The molecule has 0 N–H and O–H groups in total. The van der Waals surface area contributed by atoms with E-state index in [1.807, 2.05) is 0 Å². The highest BCUT2D eigenvalue weighted by atomic mass is 16.3. The summed E-state index contributed by atoms with van der Waals surface area (Å²) in [5, 5.41) is 3.44. The zero-order valence-corrected chi connectivity index (χ0v) is 8.30. The summed E-state index contributed by atoms with van der Waals surface area (Å²) < 4.78 is 0. The Morgan fingerprint density at radius 1 is 0.923 bits per heavy atom. The minimum absolute atomic E-state index is 0.107. The molecule has 2 atom stereocenters. The van der Waals surface area contributed by atoms with Crippen LogP contribution in [0, 0.1) is 10.8 Å². The predicted molar refractivity (Wildman–Crippen MR) is 53.6 cm³/mol. The van der Waals surface area contributed by atoms with Crippen LogP contribution in [-0.2, 0) is 0 Å². The van der Waals surface area contributed by atoms with E-state index in [-0.39, 0.29) is 5.54 Å². The molecule has 0 aromatic rings. The maximum Gasteiger partial charge on any atom is 0.105 e. The van der Waals surface area contributed by atoms with Crippen molar-refractivity contribution < 1.29 is 0 Å². The summed E-state index contributed by atoms with van der Waals surface area (Å²) in [5.74, 6) is 0.642. The minimum atomic E-state index is -0.107. The standard InChI is InChI=1S/C11H19NO/c13-12-11-8-5-3-1-2-4-6-10(11)7-9-11/h10H,1-9H2. The molecule has 0 spiro atoms. The van der Waals surface area contributed by atoms with Gasteiger partial charge in [0.1, 0.15) is 5.54 Å². The van der Waals surface area contributed by atoms with E-state index in [1.54, 1.807) is 0 Å². The molecule has 2 nitrogen and oxygen atoms in total. The van der Waals surface area contributed by atoms with E-state index in [0.717, 1.165) is 12.8 Å². The molecule has 2 rings (SSSR count). The normalized spacial score (nSPS) is 40.5. The van der Waals surface area contributed by atoms with Crippen LogP contribution in [-0.4, -0.2) is 5.54 Å². The molecule has 0 aliphatic heterocycles. The van der Waals surface area contributed by atoms with Crippen molar-refractivity contribution >= 4 is 0 Å². The summed E-state index contributed by atoms with van der Waals surface area (Å²) >= 11 is 0. The van der Waals surface area contributed by atoms with E-state index in [4.69, 9.17) is 0 Å². The van der Waals surface area contributed by atoms with Crippen molar-refractivity contribution in [3.63, 3.8) is 0 Å². The van der Waals surface area contributed by atoms with Crippen LogP contribution in [0.25, 0.3) is 0 Å². The second-order valence-electron chi connectivity index (χ2n) is 4.74. The third-order valence-corrected chi connectivity index (χ3v) is 4.03. The molecule has 2 aliphatic carbocycles. The van der Waals surface area contributed by atoms with Crippen molar-refractivity contribution in [2.45, 2.75) is 63.3 Å². The molecule has 0 heterocycles. The van der Waals surface area contributed by atoms with Gasteiger partial charge in [0.25, 0.3) is 0 Å². The van der Waals surface area contributed by atoms with E-state index in [9.17, 15) is 4.91 Å². The van der Waals surface area contributed by atoms with Gasteiger partial charge in [-0.15, -0.1) is 0 Å². The lowest BCUT2D eigenvalue weighted by atomic mass is 9.63. The highest BCUT2D eigenvalue weighted by Gasteiger charge is 2.47. The minimum Gasteiger partial charge on any atom is -0.150 e. The van der Waals surface area contributed by atoms with Gasteiger partial charge in [-0.25, -0.2) is 0 Å². The number of rotatable bonds is 1. The lowest BCUT2D eigenvalue weighted by Crippen LogP contribution is -2.44. The van der Waals surface area contributed by atoms with Gasteiger partial charge in [0, 0.05) is 0 Å². The Balaban J connectivity index is 2.00. The van der Waals surface area contributed by atoms with Gasteiger partial charge < -0.3 is 0 Å². The maximum absolute atomic E-state index is 10.9. The highest BCUT2D eigenvalue weighted by Crippen LogP contribution is 2.48. The maximum atomic E-state index is 10.9. The molecule has 2 saturated carbocycles. The number of hydrogen-bond donors (Lipinski definition) is 0. The molecule has 13 heavy (non-hydrogen) atoms. The first-order valence-electron chi connectivity index (χ1n) is 5.72. The molecular formula is C11H19NO. The molecule has 0 aromatic carbocycles. The topological polar surface area (TPSA) is 29.4 Å². The summed E-state index contributed by atoms with van der Waals surface area (Å²) in [6.45, 7) is 0. The summed E-state index contributed by atoms with van der Waals surface area (Å²) in [6, 6.07) is 0. The number of nitrogens with zero attached hydrogens (tertiary/aromatic N) is 1. The quantitative estimate of drug-likeness (QED) is 0.568. The van der Waals surface area contributed by atoms with Crippen molar-refractivity contribution in [1.82, 2.24) is 0 Å². The largest absolute Gasteiger partial charge is 0.150 e. The van der Waals surface area contributed by atoms with Gasteiger partial charge in [0.15, 0.2) is 0 Å². The van der Waals surface area contributed by atoms with Crippen molar-refractivity contribution in [3.8, 4) is 0 Å². The number of hydrogen-bond acceptors (Lipinski definition) is 2. The van der Waals surface area contributed by atoms with Crippen LogP contribution in [0.15, 0.2) is 5.18 Å². The Morgan fingerprint density at radius 2 is 1.69 bits per heavy atom. The van der Waals surface area contributed by atoms with Crippen LogP contribution >= 0.6 is 0 Å². The van der Waals surface area contributed by atoms with Gasteiger partial charge in [0.05, 0.1) is 0 Å². The summed E-state index contributed by atoms with van der Waals surface area (Å²) in [4.78, 5) is 10.9. The van der Waals surface area contributed by atoms with Gasteiger partial charge in [-0.1, -0.05) is 37.3 Å². The van der Waals surface area contributed by atoms with Crippen LogP contribution < -0.4 is 0 Å². The number of fused-ring (bicyclic) bond motifs is 1. The molecule has 0 radical (unpaired) electrons. The summed E-state index contributed by atoms with van der Waals surface area (Å²) in [6.07, 6.45) is 11.2. The van der Waals surface area contributed by atoms with E-state index < -0.39 is 0 Å². The lowest BCUT2D eigenvalue weighted by molar-refractivity contribution is 0.107. The average molecular weight is 181 g/mol. The fourth-order valence-electron chi connectivity index (χ4n) is 2.94. The predicted octanol–water partition coefficient (Wildman–Crippen LogP) is 3.65. The Hall–Kier alpha value is -0.400. The molecule has 74 valence electrons. The van der Waals surface area contributed by atoms with Gasteiger partial charge in [0.2, 0.25) is 0 Å². The lowest BCUT2D eigenvalue weighted by Gasteiger charge is -2.44. The van der Waals surface area contributed by atoms with Crippen molar-refractivity contribution in [2.75, 3.05) is 0 Å². The number of nitroso groups, excluding NO2 is 1. The SMILES string of the molecule is O=NC12CCCCCCCC1CC2. The highest BCUT2D eigenvalue weighted by molar-refractivity contribution is 5.02. The molecule has 0 bridgehead atoms. The van der Waals surface area contributed by atoms with Crippen molar-refractivity contribution in [3.05, 3.63) is 4.91 Å². The monoisotopic (exact) mass is 181 g/mol. The first-order valence-corrected chi connectivity index (χ1v) is 5.72. The van der Waals surface area contributed by atoms with Crippen LogP contribution in [0.3, 0.4) is 0 Å². The van der Waals surface area contributed by atoms with Crippen LogP contribution in [0.4, 0.5) is 0 Å². The Labute approximate surface area is 80.1 Å². The summed E-state index contributed by atoms with van der Waals surface area (Å²) in [7, 11) is 0. The second kappa shape index (κ2) is 3.77. The zero-order valence-electron chi connectivity index (χ0n) is 8.30. The van der Waals surface area contributed by atoms with E-state index in [1.165, 1.54) is 44.9 Å². The molecule has 0 amide bonds. The Kier molecular flexibility index (Phi) is 2.66. The van der Waals surface area contributed by atoms with Gasteiger partial charge in [-0.05, 0) is 31.6 Å². The second-order valence-corrected chi connectivity index (χ2v) is 4.74. The van der Waals surface area contributed by atoms with Crippen molar-refractivity contribution in [2.24, 2.45) is 11.1 Å². The van der Waals surface area contributed by atoms with Gasteiger partial charge >= 0.3 is 0 Å². The molecular weight excluding hydrogens is 162 g/mol. The van der Waals surface area contributed by atoms with E-state index >= 15 is 0 Å².